The van der Waals surface area contributed by atoms with Crippen LogP contribution in [0.2, 0.25) is 0 Å². The van der Waals surface area contributed by atoms with Gasteiger partial charge in [-0.3, -0.25) is 4.79 Å². The van der Waals surface area contributed by atoms with E-state index in [4.69, 9.17) is 4.98 Å². The summed E-state index contributed by atoms with van der Waals surface area (Å²) in [6.45, 7) is 3.11. The van der Waals surface area contributed by atoms with Gasteiger partial charge in [0.1, 0.15) is 5.82 Å². The molecule has 0 bridgehead atoms. The van der Waals surface area contributed by atoms with Gasteiger partial charge in [0, 0.05) is 54.6 Å². The summed E-state index contributed by atoms with van der Waals surface area (Å²) in [5, 5.41) is 4.83. The average Bonchev–Trinajstić information content (AvgIpc) is 3.31. The van der Waals surface area contributed by atoms with Crippen LogP contribution in [0.25, 0.3) is 32.6 Å². The predicted molar refractivity (Wildman–Crippen MR) is 139 cm³/mol. The highest BCUT2D eigenvalue weighted by Gasteiger charge is 2.23. The van der Waals surface area contributed by atoms with E-state index in [1.807, 2.05) is 17.0 Å². The van der Waals surface area contributed by atoms with Crippen LogP contribution in [0.5, 0.6) is 0 Å². The molecular formula is C29H28N4O. The molecule has 0 saturated carbocycles. The smallest absolute Gasteiger partial charge is 0.222 e. The first-order chi connectivity index (χ1) is 16.8. The maximum atomic E-state index is 12.9. The number of para-hydroxylation sites is 2. The van der Waals surface area contributed by atoms with Gasteiger partial charge < -0.3 is 14.8 Å². The van der Waals surface area contributed by atoms with Crippen LogP contribution in [0, 0.1) is 0 Å². The zero-order chi connectivity index (χ0) is 22.9. The molecule has 1 N–H and O–H groups in total. The summed E-state index contributed by atoms with van der Waals surface area (Å²) >= 11 is 0. The molecule has 170 valence electrons. The maximum Gasteiger partial charge on any atom is 0.222 e. The van der Waals surface area contributed by atoms with Crippen molar-refractivity contribution in [1.82, 2.24) is 14.9 Å². The first-order valence-electron chi connectivity index (χ1n) is 12.1. The van der Waals surface area contributed by atoms with Gasteiger partial charge >= 0.3 is 0 Å². The van der Waals surface area contributed by atoms with Gasteiger partial charge in [0.15, 0.2) is 0 Å². The Bertz CT molecular complexity index is 1450. The van der Waals surface area contributed by atoms with Crippen LogP contribution in [0.15, 0.2) is 78.9 Å². The number of nitrogens with one attached hydrogen (secondary N) is 1. The molecule has 5 aromatic rings. The van der Waals surface area contributed by atoms with Gasteiger partial charge in [-0.1, -0.05) is 60.7 Å². The second-order valence-corrected chi connectivity index (χ2v) is 9.10. The van der Waals surface area contributed by atoms with Gasteiger partial charge in [0.25, 0.3) is 0 Å². The lowest BCUT2D eigenvalue weighted by Gasteiger charge is -2.36. The number of aromatic amines is 1. The molecule has 0 aliphatic carbocycles. The molecule has 3 heterocycles. The number of carbonyl (C=O) groups excluding carboxylic acids is 1. The number of pyridine rings is 1. The molecule has 1 saturated heterocycles. The first-order valence-corrected chi connectivity index (χ1v) is 12.1. The van der Waals surface area contributed by atoms with E-state index >= 15 is 0 Å². The number of hydrogen-bond donors (Lipinski definition) is 1. The largest absolute Gasteiger partial charge is 0.358 e. The molecule has 3 aromatic carbocycles. The summed E-state index contributed by atoms with van der Waals surface area (Å²) in [7, 11) is 0. The highest BCUT2D eigenvalue weighted by atomic mass is 16.2. The standard InChI is InChI=1S/C29H28N4O/c34-28(15-7-9-22-20-21-8-1-5-13-26(21)30-22)32-16-18-33(19-17-32)29-25-12-3-2-10-23(25)24-11-4-6-14-27(24)31-29/h1-6,8,10-14,20,30H,7,9,15-19H2. The van der Waals surface area contributed by atoms with Gasteiger partial charge in [-0.25, -0.2) is 4.98 Å². The van der Waals surface area contributed by atoms with Crippen molar-refractivity contribution in [1.29, 1.82) is 0 Å². The molecule has 1 amide bonds. The summed E-state index contributed by atoms with van der Waals surface area (Å²) in [5.41, 5.74) is 3.38. The molecule has 0 atom stereocenters. The minimum Gasteiger partial charge on any atom is -0.358 e. The molecule has 5 heteroatoms. The van der Waals surface area contributed by atoms with Gasteiger partial charge in [-0.2, -0.15) is 0 Å². The van der Waals surface area contributed by atoms with Crippen LogP contribution in [-0.2, 0) is 11.2 Å². The molecule has 0 radical (unpaired) electrons. The fourth-order valence-corrected chi connectivity index (χ4v) is 5.15. The molecule has 2 aromatic heterocycles. The molecule has 1 fully saturated rings. The molecule has 6 rings (SSSR count). The number of nitrogens with zero attached hydrogens (tertiary/aromatic N) is 3. The van der Waals surface area contributed by atoms with Crippen molar-refractivity contribution in [2.24, 2.45) is 0 Å². The molecular weight excluding hydrogens is 420 g/mol. The monoisotopic (exact) mass is 448 g/mol. The zero-order valence-corrected chi connectivity index (χ0v) is 19.2. The number of H-pyrrole nitrogens is 1. The summed E-state index contributed by atoms with van der Waals surface area (Å²) < 4.78 is 0. The van der Waals surface area contributed by atoms with Crippen LogP contribution in [-0.4, -0.2) is 47.0 Å². The third-order valence-corrected chi connectivity index (χ3v) is 6.94. The van der Waals surface area contributed by atoms with Crippen molar-refractivity contribution in [3.05, 3.63) is 84.6 Å². The Morgan fingerprint density at radius 3 is 2.35 bits per heavy atom. The highest BCUT2D eigenvalue weighted by Crippen LogP contribution is 2.31. The molecule has 5 nitrogen and oxygen atoms in total. The molecule has 0 spiro atoms. The van der Waals surface area contributed by atoms with E-state index < -0.39 is 0 Å². The van der Waals surface area contributed by atoms with E-state index in [0.29, 0.717) is 6.42 Å². The second-order valence-electron chi connectivity index (χ2n) is 9.10. The van der Waals surface area contributed by atoms with Gasteiger partial charge in [0.05, 0.1) is 5.52 Å². The third-order valence-electron chi connectivity index (χ3n) is 6.94. The number of hydrogen-bond acceptors (Lipinski definition) is 3. The number of amides is 1. The fourth-order valence-electron chi connectivity index (χ4n) is 5.15. The van der Waals surface area contributed by atoms with Crippen LogP contribution in [0.4, 0.5) is 5.82 Å². The van der Waals surface area contributed by atoms with Gasteiger partial charge in [0.2, 0.25) is 5.91 Å². The summed E-state index contributed by atoms with van der Waals surface area (Å²) in [5.74, 6) is 1.28. The Morgan fingerprint density at radius 1 is 0.824 bits per heavy atom. The van der Waals surface area contributed by atoms with E-state index in [9.17, 15) is 4.79 Å². The van der Waals surface area contributed by atoms with E-state index in [1.54, 1.807) is 0 Å². The predicted octanol–water partition coefficient (Wildman–Crippen LogP) is 5.54. The average molecular weight is 449 g/mol. The summed E-state index contributed by atoms with van der Waals surface area (Å²) in [6.07, 6.45) is 2.35. The van der Waals surface area contributed by atoms with E-state index in [1.165, 1.54) is 27.2 Å². The van der Waals surface area contributed by atoms with Crippen molar-refractivity contribution in [2.45, 2.75) is 19.3 Å². The minimum atomic E-state index is 0.257. The van der Waals surface area contributed by atoms with Crippen molar-refractivity contribution in [3.63, 3.8) is 0 Å². The van der Waals surface area contributed by atoms with E-state index in [2.05, 4.69) is 76.6 Å². The van der Waals surface area contributed by atoms with Crippen molar-refractivity contribution < 1.29 is 4.79 Å². The fraction of sp³-hybridized carbons (Fsp3) is 0.241. The Kier molecular flexibility index (Phi) is 5.38. The second kappa shape index (κ2) is 8.82. The molecule has 1 aliphatic rings. The quantitative estimate of drug-likeness (QED) is 0.359. The Balaban J connectivity index is 1.10. The number of fused-ring (bicyclic) bond motifs is 4. The van der Waals surface area contributed by atoms with Crippen LogP contribution in [0.1, 0.15) is 18.5 Å². The number of aromatic nitrogens is 2. The molecule has 0 unspecified atom stereocenters. The lowest BCUT2D eigenvalue weighted by molar-refractivity contribution is -0.131. The highest BCUT2D eigenvalue weighted by molar-refractivity contribution is 6.10. The first kappa shape index (κ1) is 20.7. The van der Waals surface area contributed by atoms with Gasteiger partial charge in [-0.15, -0.1) is 0 Å². The number of carbonyl (C=O) groups is 1. The van der Waals surface area contributed by atoms with Crippen molar-refractivity contribution in [3.8, 4) is 0 Å². The third kappa shape index (κ3) is 3.87. The number of aryl methyl sites for hydroxylation is 1. The van der Waals surface area contributed by atoms with E-state index in [0.717, 1.165) is 55.9 Å². The van der Waals surface area contributed by atoms with Gasteiger partial charge in [-0.05, 0) is 41.8 Å². The number of anilines is 1. The lowest BCUT2D eigenvalue weighted by Crippen LogP contribution is -2.49. The Hall–Kier alpha value is -3.86. The maximum absolute atomic E-state index is 12.9. The van der Waals surface area contributed by atoms with Crippen LogP contribution < -0.4 is 4.90 Å². The SMILES string of the molecule is O=C(CCCc1cc2ccccc2[nH]1)N1CCN(c2nc3ccccc3c3ccccc23)CC1. The van der Waals surface area contributed by atoms with Crippen molar-refractivity contribution in [2.75, 3.05) is 31.1 Å². The Labute approximate surface area is 199 Å². The molecule has 1 aliphatic heterocycles. The van der Waals surface area contributed by atoms with E-state index in [-0.39, 0.29) is 5.91 Å². The normalized spacial score (nSPS) is 14.4. The Morgan fingerprint density at radius 2 is 1.53 bits per heavy atom. The van der Waals surface area contributed by atoms with Crippen LogP contribution in [0.3, 0.4) is 0 Å². The molecule has 34 heavy (non-hydrogen) atoms. The number of piperazine rings is 1. The number of benzene rings is 3. The summed E-state index contributed by atoms with van der Waals surface area (Å²) in [4.78, 5) is 25.7. The minimum absolute atomic E-state index is 0.257. The van der Waals surface area contributed by atoms with Crippen LogP contribution >= 0.6 is 0 Å². The lowest BCUT2D eigenvalue weighted by atomic mass is 10.1. The number of rotatable bonds is 5. The zero-order valence-electron chi connectivity index (χ0n) is 19.2. The van der Waals surface area contributed by atoms with Crippen molar-refractivity contribution >= 4 is 44.3 Å². The summed E-state index contributed by atoms with van der Waals surface area (Å²) in [6, 6.07) is 27.3. The topological polar surface area (TPSA) is 52.2 Å².